The Labute approximate surface area is 137 Å². The minimum Gasteiger partial charge on any atom is -0.497 e. The van der Waals surface area contributed by atoms with Gasteiger partial charge in [0.05, 0.1) is 7.11 Å². The zero-order chi connectivity index (χ0) is 16.2. The summed E-state index contributed by atoms with van der Waals surface area (Å²) in [6.07, 6.45) is 2.11. The van der Waals surface area contributed by atoms with E-state index in [0.29, 0.717) is 0 Å². The Morgan fingerprint density at radius 3 is 2.65 bits per heavy atom. The summed E-state index contributed by atoms with van der Waals surface area (Å²) in [5, 5.41) is 3.56. The van der Waals surface area contributed by atoms with Crippen molar-refractivity contribution in [3.63, 3.8) is 0 Å². The van der Waals surface area contributed by atoms with Crippen LogP contribution in [-0.4, -0.2) is 19.4 Å². The first kappa shape index (κ1) is 15.8. The van der Waals surface area contributed by atoms with Crippen molar-refractivity contribution in [2.24, 2.45) is 5.92 Å². The van der Waals surface area contributed by atoms with Crippen molar-refractivity contribution in [1.29, 1.82) is 0 Å². The lowest BCUT2D eigenvalue weighted by molar-refractivity contribution is 0.0927. The SMILES string of the molecule is COc1ccc2c(c1)C(NCCCc1ccccc1)C(C)C2=O. The number of nitrogens with one attached hydrogen (secondary N) is 1. The third kappa shape index (κ3) is 3.30. The normalized spacial score (nSPS) is 19.7. The van der Waals surface area contributed by atoms with Crippen LogP contribution in [0.2, 0.25) is 0 Å². The Morgan fingerprint density at radius 1 is 1.13 bits per heavy atom. The molecular formula is C20H23NO2. The fourth-order valence-electron chi connectivity index (χ4n) is 3.30. The smallest absolute Gasteiger partial charge is 0.167 e. The quantitative estimate of drug-likeness (QED) is 0.825. The number of Topliss-reactive ketones (excluding diaryl/α,β-unsaturated/α-hetero) is 1. The second-order valence-corrected chi connectivity index (χ2v) is 6.13. The van der Waals surface area contributed by atoms with E-state index in [1.807, 2.05) is 31.2 Å². The topological polar surface area (TPSA) is 38.3 Å². The highest BCUT2D eigenvalue weighted by Gasteiger charge is 2.36. The van der Waals surface area contributed by atoms with E-state index in [1.165, 1.54) is 5.56 Å². The molecule has 0 spiro atoms. The summed E-state index contributed by atoms with van der Waals surface area (Å²) < 4.78 is 5.30. The highest BCUT2D eigenvalue weighted by Crippen LogP contribution is 2.37. The van der Waals surface area contributed by atoms with Crippen molar-refractivity contribution < 1.29 is 9.53 Å². The van der Waals surface area contributed by atoms with E-state index in [0.717, 1.165) is 36.3 Å². The maximum atomic E-state index is 12.4. The van der Waals surface area contributed by atoms with Gasteiger partial charge in [0, 0.05) is 17.5 Å². The molecule has 3 heteroatoms. The molecule has 23 heavy (non-hydrogen) atoms. The van der Waals surface area contributed by atoms with Crippen LogP contribution in [0, 0.1) is 5.92 Å². The molecule has 120 valence electrons. The first-order valence-electron chi connectivity index (χ1n) is 8.20. The fourth-order valence-corrected chi connectivity index (χ4v) is 3.30. The van der Waals surface area contributed by atoms with Gasteiger partial charge in [0.25, 0.3) is 0 Å². The maximum absolute atomic E-state index is 12.4. The van der Waals surface area contributed by atoms with Gasteiger partial charge >= 0.3 is 0 Å². The fraction of sp³-hybridized carbons (Fsp3) is 0.350. The molecular weight excluding hydrogens is 286 g/mol. The Hall–Kier alpha value is -2.13. The minimum atomic E-state index is -0.0196. The van der Waals surface area contributed by atoms with Crippen LogP contribution in [-0.2, 0) is 6.42 Å². The summed E-state index contributed by atoms with van der Waals surface area (Å²) in [6.45, 7) is 2.90. The number of hydrogen-bond donors (Lipinski definition) is 1. The number of ether oxygens (including phenoxy) is 1. The zero-order valence-corrected chi connectivity index (χ0v) is 13.7. The van der Waals surface area contributed by atoms with Gasteiger partial charge in [0.15, 0.2) is 5.78 Å². The van der Waals surface area contributed by atoms with E-state index in [-0.39, 0.29) is 17.7 Å². The molecule has 1 aliphatic carbocycles. The van der Waals surface area contributed by atoms with Gasteiger partial charge in [0.1, 0.15) is 5.75 Å². The zero-order valence-electron chi connectivity index (χ0n) is 13.7. The van der Waals surface area contributed by atoms with Crippen LogP contribution in [0.15, 0.2) is 48.5 Å². The number of carbonyl (C=O) groups excluding carboxylic acids is 1. The molecule has 2 atom stereocenters. The molecule has 1 N–H and O–H groups in total. The van der Waals surface area contributed by atoms with Gasteiger partial charge < -0.3 is 10.1 Å². The van der Waals surface area contributed by atoms with Gasteiger partial charge in [-0.1, -0.05) is 37.3 Å². The van der Waals surface area contributed by atoms with E-state index in [2.05, 4.69) is 29.6 Å². The van der Waals surface area contributed by atoms with E-state index in [1.54, 1.807) is 7.11 Å². The van der Waals surface area contributed by atoms with E-state index < -0.39 is 0 Å². The molecule has 0 amide bonds. The first-order valence-corrected chi connectivity index (χ1v) is 8.20. The Bertz CT molecular complexity index is 681. The Morgan fingerprint density at radius 2 is 1.91 bits per heavy atom. The third-order valence-electron chi connectivity index (χ3n) is 4.62. The summed E-state index contributed by atoms with van der Waals surface area (Å²) >= 11 is 0. The molecule has 3 nitrogen and oxygen atoms in total. The standard InChI is InChI=1S/C20H23NO2/c1-14-19(21-12-6-9-15-7-4-3-5-8-15)18-13-16(23-2)10-11-17(18)20(14)22/h3-5,7-8,10-11,13-14,19,21H,6,9,12H2,1-2H3. The van der Waals surface area contributed by atoms with Crippen LogP contribution in [0.5, 0.6) is 5.75 Å². The van der Waals surface area contributed by atoms with Gasteiger partial charge in [-0.05, 0) is 48.7 Å². The van der Waals surface area contributed by atoms with Crippen molar-refractivity contribution in [3.05, 3.63) is 65.2 Å². The molecule has 0 heterocycles. The molecule has 0 saturated carbocycles. The van der Waals surface area contributed by atoms with Crippen LogP contribution >= 0.6 is 0 Å². The molecule has 1 aliphatic rings. The molecule has 0 radical (unpaired) electrons. The lowest BCUT2D eigenvalue weighted by Gasteiger charge is -2.18. The number of methoxy groups -OCH3 is 1. The van der Waals surface area contributed by atoms with Crippen LogP contribution < -0.4 is 10.1 Å². The predicted molar refractivity (Wildman–Crippen MR) is 92.0 cm³/mol. The second-order valence-electron chi connectivity index (χ2n) is 6.13. The maximum Gasteiger partial charge on any atom is 0.167 e. The van der Waals surface area contributed by atoms with Crippen LogP contribution in [0.25, 0.3) is 0 Å². The number of aryl methyl sites for hydroxylation is 1. The molecule has 0 bridgehead atoms. The Kier molecular flexibility index (Phi) is 4.77. The molecule has 3 rings (SSSR count). The average Bonchev–Trinajstić information content (AvgIpc) is 2.83. The predicted octanol–water partition coefficient (Wildman–Crippen LogP) is 3.79. The van der Waals surface area contributed by atoms with E-state index >= 15 is 0 Å². The molecule has 2 aromatic carbocycles. The van der Waals surface area contributed by atoms with Gasteiger partial charge in [-0.15, -0.1) is 0 Å². The van der Waals surface area contributed by atoms with Crippen molar-refractivity contribution >= 4 is 5.78 Å². The lowest BCUT2D eigenvalue weighted by atomic mass is 10.0. The number of rotatable bonds is 6. The van der Waals surface area contributed by atoms with Crippen LogP contribution in [0.3, 0.4) is 0 Å². The summed E-state index contributed by atoms with van der Waals surface area (Å²) in [6, 6.07) is 16.3. The highest BCUT2D eigenvalue weighted by molar-refractivity contribution is 6.03. The van der Waals surface area contributed by atoms with Crippen molar-refractivity contribution in [2.75, 3.05) is 13.7 Å². The summed E-state index contributed by atoms with van der Waals surface area (Å²) in [7, 11) is 1.66. The molecule has 0 saturated heterocycles. The largest absolute Gasteiger partial charge is 0.497 e. The molecule has 2 aromatic rings. The number of benzene rings is 2. The van der Waals surface area contributed by atoms with Crippen molar-refractivity contribution in [1.82, 2.24) is 5.32 Å². The summed E-state index contributed by atoms with van der Waals surface area (Å²) in [5.41, 5.74) is 3.26. The lowest BCUT2D eigenvalue weighted by Crippen LogP contribution is -2.26. The first-order chi connectivity index (χ1) is 11.2. The molecule has 0 fully saturated rings. The molecule has 0 aliphatic heterocycles. The molecule has 2 unspecified atom stereocenters. The van der Waals surface area contributed by atoms with Gasteiger partial charge in [-0.3, -0.25) is 4.79 Å². The van der Waals surface area contributed by atoms with Gasteiger partial charge in [-0.2, -0.15) is 0 Å². The van der Waals surface area contributed by atoms with Gasteiger partial charge in [0.2, 0.25) is 0 Å². The van der Waals surface area contributed by atoms with Crippen LogP contribution in [0.4, 0.5) is 0 Å². The Balaban J connectivity index is 1.63. The monoisotopic (exact) mass is 309 g/mol. The summed E-state index contributed by atoms with van der Waals surface area (Å²) in [5.74, 6) is 1.01. The second kappa shape index (κ2) is 6.97. The van der Waals surface area contributed by atoms with E-state index in [9.17, 15) is 4.79 Å². The number of fused-ring (bicyclic) bond motifs is 1. The molecule has 0 aromatic heterocycles. The average molecular weight is 309 g/mol. The number of hydrogen-bond acceptors (Lipinski definition) is 3. The minimum absolute atomic E-state index is 0.0196. The van der Waals surface area contributed by atoms with Crippen molar-refractivity contribution in [3.8, 4) is 5.75 Å². The van der Waals surface area contributed by atoms with Gasteiger partial charge in [-0.25, -0.2) is 0 Å². The summed E-state index contributed by atoms with van der Waals surface area (Å²) in [4.78, 5) is 12.4. The number of ketones is 1. The highest BCUT2D eigenvalue weighted by atomic mass is 16.5. The van der Waals surface area contributed by atoms with Crippen molar-refractivity contribution in [2.45, 2.75) is 25.8 Å². The van der Waals surface area contributed by atoms with E-state index in [4.69, 9.17) is 4.74 Å². The number of carbonyl (C=O) groups is 1. The third-order valence-corrected chi connectivity index (χ3v) is 4.62. The van der Waals surface area contributed by atoms with Crippen LogP contribution in [0.1, 0.15) is 40.9 Å².